The fourth-order valence-electron chi connectivity index (χ4n) is 2.91. The van der Waals surface area contributed by atoms with E-state index >= 15 is 0 Å². The Balaban J connectivity index is 1.78. The van der Waals surface area contributed by atoms with Gasteiger partial charge >= 0.3 is 0 Å². The van der Waals surface area contributed by atoms with Crippen molar-refractivity contribution in [3.63, 3.8) is 0 Å². The molecule has 0 spiro atoms. The smallest absolute Gasteiger partial charge is 0.142 e. The molecule has 1 heterocycles. The molecule has 0 aliphatic carbocycles. The van der Waals surface area contributed by atoms with E-state index in [1.165, 1.54) is 17.7 Å². The van der Waals surface area contributed by atoms with Crippen molar-refractivity contribution in [2.24, 2.45) is 0 Å². The van der Waals surface area contributed by atoms with E-state index in [1.54, 1.807) is 7.11 Å². The number of anilines is 2. The maximum Gasteiger partial charge on any atom is 0.142 e. The normalized spacial score (nSPS) is 18.2. The Hall–Kier alpha value is -2.16. The van der Waals surface area contributed by atoms with Gasteiger partial charge in [0.25, 0.3) is 0 Å². The minimum atomic E-state index is 0.570. The third kappa shape index (κ3) is 2.44. The third-order valence-corrected chi connectivity index (χ3v) is 4.02. The molecule has 2 N–H and O–H groups in total. The molecule has 20 heavy (non-hydrogen) atoms. The minimum absolute atomic E-state index is 0.570. The molecule has 3 rings (SSSR count). The molecule has 1 saturated heterocycles. The van der Waals surface area contributed by atoms with Crippen LogP contribution in [0, 0.1) is 0 Å². The van der Waals surface area contributed by atoms with Gasteiger partial charge in [0, 0.05) is 24.7 Å². The van der Waals surface area contributed by atoms with Crippen LogP contribution in [-0.2, 0) is 0 Å². The van der Waals surface area contributed by atoms with Crippen molar-refractivity contribution in [3.05, 3.63) is 54.1 Å². The summed E-state index contributed by atoms with van der Waals surface area (Å²) in [5.74, 6) is 1.52. The third-order valence-electron chi connectivity index (χ3n) is 4.02. The van der Waals surface area contributed by atoms with Gasteiger partial charge in [-0.1, -0.05) is 24.3 Å². The van der Waals surface area contributed by atoms with Crippen molar-refractivity contribution in [1.29, 1.82) is 0 Å². The molecule has 3 nitrogen and oxygen atoms in total. The molecular weight excluding hydrogens is 248 g/mol. The van der Waals surface area contributed by atoms with E-state index in [0.717, 1.165) is 24.5 Å². The number of nitrogens with zero attached hydrogens (tertiary/aromatic N) is 1. The average molecular weight is 268 g/mol. The van der Waals surface area contributed by atoms with Gasteiger partial charge in [-0.05, 0) is 36.2 Å². The molecule has 1 aliphatic rings. The highest BCUT2D eigenvalue weighted by Crippen LogP contribution is 2.35. The summed E-state index contributed by atoms with van der Waals surface area (Å²) < 4.78 is 5.46. The van der Waals surface area contributed by atoms with Crippen molar-refractivity contribution in [1.82, 2.24) is 0 Å². The summed E-state index contributed by atoms with van der Waals surface area (Å²) in [6, 6.07) is 16.5. The second-order valence-corrected chi connectivity index (χ2v) is 5.27. The molecular formula is C17H20N2O. The molecule has 0 aromatic heterocycles. The molecule has 2 aromatic carbocycles. The first-order chi connectivity index (χ1) is 9.78. The summed E-state index contributed by atoms with van der Waals surface area (Å²) in [5.41, 5.74) is 9.14. The van der Waals surface area contributed by atoms with Crippen LogP contribution in [0.4, 0.5) is 11.4 Å². The Labute approximate surface area is 120 Å². The highest BCUT2D eigenvalue weighted by molar-refractivity contribution is 5.59. The van der Waals surface area contributed by atoms with Gasteiger partial charge in [-0.3, -0.25) is 0 Å². The summed E-state index contributed by atoms with van der Waals surface area (Å²) in [7, 11) is 1.73. The van der Waals surface area contributed by atoms with E-state index < -0.39 is 0 Å². The average Bonchev–Trinajstić information content (AvgIpc) is 2.97. The molecule has 104 valence electrons. The van der Waals surface area contributed by atoms with Crippen LogP contribution in [0.15, 0.2) is 48.5 Å². The van der Waals surface area contributed by atoms with Crippen LogP contribution >= 0.6 is 0 Å². The highest BCUT2D eigenvalue weighted by Gasteiger charge is 2.25. The van der Waals surface area contributed by atoms with Crippen LogP contribution in [0.5, 0.6) is 5.75 Å². The number of ether oxygens (including phenoxy) is 1. The first-order valence-corrected chi connectivity index (χ1v) is 7.01. The predicted octanol–water partition coefficient (Wildman–Crippen LogP) is 3.27. The lowest BCUT2D eigenvalue weighted by atomic mass is 9.98. The van der Waals surface area contributed by atoms with Crippen LogP contribution in [0.3, 0.4) is 0 Å². The van der Waals surface area contributed by atoms with E-state index in [4.69, 9.17) is 10.5 Å². The van der Waals surface area contributed by atoms with Gasteiger partial charge in [0.1, 0.15) is 5.75 Å². The molecule has 1 aliphatic heterocycles. The number of benzene rings is 2. The number of hydrogen-bond donors (Lipinski definition) is 1. The van der Waals surface area contributed by atoms with E-state index in [0.29, 0.717) is 5.92 Å². The lowest BCUT2D eigenvalue weighted by molar-refractivity contribution is 0.415. The van der Waals surface area contributed by atoms with Crippen LogP contribution in [0.25, 0.3) is 0 Å². The lowest BCUT2D eigenvalue weighted by Gasteiger charge is -2.21. The highest BCUT2D eigenvalue weighted by atomic mass is 16.5. The van der Waals surface area contributed by atoms with Crippen LogP contribution in [-0.4, -0.2) is 20.2 Å². The fraction of sp³-hybridized carbons (Fsp3) is 0.294. The zero-order valence-corrected chi connectivity index (χ0v) is 11.8. The van der Waals surface area contributed by atoms with Gasteiger partial charge in [-0.25, -0.2) is 0 Å². The van der Waals surface area contributed by atoms with Crippen molar-refractivity contribution >= 4 is 11.4 Å². The number of rotatable bonds is 3. The second kappa shape index (κ2) is 5.45. The van der Waals surface area contributed by atoms with Crippen LogP contribution in [0.1, 0.15) is 17.9 Å². The Kier molecular flexibility index (Phi) is 3.50. The van der Waals surface area contributed by atoms with Gasteiger partial charge in [0.05, 0.1) is 12.8 Å². The fourth-order valence-corrected chi connectivity index (χ4v) is 2.91. The van der Waals surface area contributed by atoms with Gasteiger partial charge in [-0.15, -0.1) is 0 Å². The molecule has 2 aromatic rings. The largest absolute Gasteiger partial charge is 0.495 e. The first kappa shape index (κ1) is 12.9. The molecule has 0 radical (unpaired) electrons. The second-order valence-electron chi connectivity index (χ2n) is 5.27. The SMILES string of the molecule is COc1ccccc1N1CCC(c2ccc(N)cc2)C1. The lowest BCUT2D eigenvalue weighted by Crippen LogP contribution is -2.19. The number of hydrogen-bond acceptors (Lipinski definition) is 3. The van der Waals surface area contributed by atoms with Crippen molar-refractivity contribution in [3.8, 4) is 5.75 Å². The summed E-state index contributed by atoms with van der Waals surface area (Å²) in [6.45, 7) is 2.10. The van der Waals surface area contributed by atoms with Crippen molar-refractivity contribution in [2.45, 2.75) is 12.3 Å². The maximum absolute atomic E-state index is 5.75. The number of nitrogens with two attached hydrogens (primary N) is 1. The molecule has 0 saturated carbocycles. The molecule has 0 amide bonds. The van der Waals surface area contributed by atoms with Crippen molar-refractivity contribution < 1.29 is 4.74 Å². The number of methoxy groups -OCH3 is 1. The van der Waals surface area contributed by atoms with Gasteiger partial charge in [0.15, 0.2) is 0 Å². The quantitative estimate of drug-likeness (QED) is 0.868. The zero-order valence-electron chi connectivity index (χ0n) is 11.8. The monoisotopic (exact) mass is 268 g/mol. The Morgan fingerprint density at radius 2 is 1.85 bits per heavy atom. The Morgan fingerprint density at radius 1 is 1.10 bits per heavy atom. The van der Waals surface area contributed by atoms with E-state index in [-0.39, 0.29) is 0 Å². The summed E-state index contributed by atoms with van der Waals surface area (Å²) >= 11 is 0. The topological polar surface area (TPSA) is 38.5 Å². The summed E-state index contributed by atoms with van der Waals surface area (Å²) in [6.07, 6.45) is 1.17. The molecule has 1 fully saturated rings. The van der Waals surface area contributed by atoms with Gasteiger partial charge < -0.3 is 15.4 Å². The summed E-state index contributed by atoms with van der Waals surface area (Å²) in [5, 5.41) is 0. The zero-order chi connectivity index (χ0) is 13.9. The Morgan fingerprint density at radius 3 is 2.60 bits per heavy atom. The maximum atomic E-state index is 5.75. The minimum Gasteiger partial charge on any atom is -0.495 e. The van der Waals surface area contributed by atoms with Crippen molar-refractivity contribution in [2.75, 3.05) is 30.8 Å². The number of nitrogen functional groups attached to an aromatic ring is 1. The first-order valence-electron chi connectivity index (χ1n) is 7.01. The summed E-state index contributed by atoms with van der Waals surface area (Å²) in [4.78, 5) is 2.40. The predicted molar refractivity (Wildman–Crippen MR) is 83.4 cm³/mol. The van der Waals surface area contributed by atoms with E-state index in [9.17, 15) is 0 Å². The van der Waals surface area contributed by atoms with Crippen LogP contribution in [0.2, 0.25) is 0 Å². The number of para-hydroxylation sites is 2. The molecule has 1 unspecified atom stereocenters. The standard InChI is InChI=1S/C17H20N2O/c1-20-17-5-3-2-4-16(17)19-11-10-14(12-19)13-6-8-15(18)9-7-13/h2-9,14H,10-12,18H2,1H3. The van der Waals surface area contributed by atoms with Gasteiger partial charge in [0.2, 0.25) is 0 Å². The molecule has 0 bridgehead atoms. The molecule has 3 heteroatoms. The molecule has 1 atom stereocenters. The van der Waals surface area contributed by atoms with Gasteiger partial charge in [-0.2, -0.15) is 0 Å². The Bertz CT molecular complexity index is 580. The van der Waals surface area contributed by atoms with Crippen LogP contribution < -0.4 is 15.4 Å². The van der Waals surface area contributed by atoms with E-state index in [1.807, 2.05) is 24.3 Å². The van der Waals surface area contributed by atoms with E-state index in [2.05, 4.69) is 29.2 Å².